The van der Waals surface area contributed by atoms with Gasteiger partial charge in [-0.2, -0.15) is 5.10 Å². The number of hydrogen-bond acceptors (Lipinski definition) is 5. The number of carbonyl (C=O) groups is 1. The molecule has 0 spiro atoms. The maximum absolute atomic E-state index is 13.6. The van der Waals surface area contributed by atoms with Gasteiger partial charge in [0.1, 0.15) is 5.75 Å². The standard InChI is InChI=1S/C26H34N4O3/c31-21-6-5-20-15-23-26(33)8-14-28(10-2-12-30-11-1-9-27-30)24(32)17-25(26,22(20)16-21)7-13-29(23)18-19-3-4-19/h1,5-6,9,11,16,19,23,31,33H,2-4,7-8,10,12-15,17-18H2. The van der Waals surface area contributed by atoms with E-state index in [0.29, 0.717) is 25.9 Å². The molecule has 2 saturated heterocycles. The third-order valence-electron chi connectivity index (χ3n) is 8.80. The summed E-state index contributed by atoms with van der Waals surface area (Å²) in [4.78, 5) is 18.1. The number of aromatic hydroxyl groups is 1. The van der Waals surface area contributed by atoms with E-state index in [1.54, 1.807) is 12.3 Å². The molecule has 3 atom stereocenters. The van der Waals surface area contributed by atoms with Crippen molar-refractivity contribution in [1.29, 1.82) is 0 Å². The molecule has 7 nitrogen and oxygen atoms in total. The summed E-state index contributed by atoms with van der Waals surface area (Å²) < 4.78 is 1.90. The number of aromatic nitrogens is 2. The van der Waals surface area contributed by atoms with Crippen molar-refractivity contribution in [3.63, 3.8) is 0 Å². The predicted octanol–water partition coefficient (Wildman–Crippen LogP) is 2.31. The average molecular weight is 451 g/mol. The van der Waals surface area contributed by atoms with Crippen LogP contribution in [0, 0.1) is 5.92 Å². The van der Waals surface area contributed by atoms with Crippen LogP contribution in [0.2, 0.25) is 0 Å². The molecule has 2 aliphatic carbocycles. The number of aryl methyl sites for hydroxylation is 1. The highest BCUT2D eigenvalue weighted by atomic mass is 16.3. The molecule has 0 radical (unpaired) electrons. The summed E-state index contributed by atoms with van der Waals surface area (Å²) in [6.07, 6.45) is 9.59. The van der Waals surface area contributed by atoms with Gasteiger partial charge in [-0.1, -0.05) is 6.07 Å². The van der Waals surface area contributed by atoms with Crippen LogP contribution in [0.1, 0.15) is 49.7 Å². The Morgan fingerprint density at radius 2 is 2.03 bits per heavy atom. The monoisotopic (exact) mass is 450 g/mol. The number of likely N-dealkylation sites (tertiary alicyclic amines) is 2. The lowest BCUT2D eigenvalue weighted by Gasteiger charge is -2.61. The number of phenolic OH excluding ortho intramolecular Hbond substituents is 1. The number of aliphatic hydroxyl groups is 1. The lowest BCUT2D eigenvalue weighted by atomic mass is 9.52. The third-order valence-corrected chi connectivity index (χ3v) is 8.80. The van der Waals surface area contributed by atoms with Crippen molar-refractivity contribution in [2.24, 2.45) is 5.92 Å². The molecule has 7 heteroatoms. The first kappa shape index (κ1) is 21.2. The summed E-state index contributed by atoms with van der Waals surface area (Å²) in [5, 5.41) is 27.1. The first-order valence-electron chi connectivity index (χ1n) is 12.5. The fraction of sp³-hybridized carbons (Fsp3) is 0.615. The number of nitrogens with zero attached hydrogens (tertiary/aromatic N) is 4. The third kappa shape index (κ3) is 3.48. The molecule has 4 aliphatic rings. The molecule has 6 rings (SSSR count). The Hall–Kier alpha value is -2.38. The molecule has 176 valence electrons. The first-order chi connectivity index (χ1) is 16.0. The van der Waals surface area contributed by atoms with Gasteiger partial charge in [0, 0.05) is 56.5 Å². The summed E-state index contributed by atoms with van der Waals surface area (Å²) in [5.74, 6) is 1.10. The van der Waals surface area contributed by atoms with Crippen molar-refractivity contribution in [3.05, 3.63) is 47.8 Å². The number of amides is 1. The minimum Gasteiger partial charge on any atom is -0.508 e. The predicted molar refractivity (Wildman–Crippen MR) is 124 cm³/mol. The van der Waals surface area contributed by atoms with Crippen LogP contribution in [0.5, 0.6) is 5.75 Å². The van der Waals surface area contributed by atoms with Gasteiger partial charge in [-0.15, -0.1) is 0 Å². The van der Waals surface area contributed by atoms with E-state index in [0.717, 1.165) is 50.4 Å². The van der Waals surface area contributed by atoms with E-state index in [-0.39, 0.29) is 17.7 Å². The largest absolute Gasteiger partial charge is 0.508 e. The van der Waals surface area contributed by atoms with Crippen molar-refractivity contribution in [2.75, 3.05) is 26.2 Å². The van der Waals surface area contributed by atoms with Gasteiger partial charge in [0.2, 0.25) is 5.91 Å². The molecule has 1 amide bonds. The number of phenols is 1. The van der Waals surface area contributed by atoms with Gasteiger partial charge in [-0.25, -0.2) is 0 Å². The highest BCUT2D eigenvalue weighted by molar-refractivity contribution is 5.79. The van der Waals surface area contributed by atoms with Crippen LogP contribution >= 0.6 is 0 Å². The summed E-state index contributed by atoms with van der Waals surface area (Å²) in [7, 11) is 0. The Morgan fingerprint density at radius 1 is 1.15 bits per heavy atom. The zero-order chi connectivity index (χ0) is 22.6. The molecular formula is C26H34N4O3. The van der Waals surface area contributed by atoms with Crippen LogP contribution in [0.25, 0.3) is 0 Å². The Kier molecular flexibility index (Phi) is 5.03. The Bertz CT molecular complexity index is 1040. The van der Waals surface area contributed by atoms with Crippen LogP contribution in [-0.4, -0.2) is 73.5 Å². The molecule has 2 N–H and O–H groups in total. The second-order valence-corrected chi connectivity index (χ2v) is 10.7. The average Bonchev–Trinajstić information content (AvgIpc) is 3.48. The number of hydrogen-bond donors (Lipinski definition) is 2. The highest BCUT2D eigenvalue weighted by Crippen LogP contribution is 2.57. The van der Waals surface area contributed by atoms with Crippen LogP contribution in [0.4, 0.5) is 0 Å². The van der Waals surface area contributed by atoms with E-state index < -0.39 is 11.0 Å². The number of piperidine rings is 1. The van der Waals surface area contributed by atoms with E-state index in [4.69, 9.17) is 0 Å². The van der Waals surface area contributed by atoms with Crippen LogP contribution < -0.4 is 0 Å². The Balaban J connectivity index is 1.32. The molecule has 2 aromatic rings. The van der Waals surface area contributed by atoms with Gasteiger partial charge in [0.25, 0.3) is 0 Å². The van der Waals surface area contributed by atoms with Gasteiger partial charge in [0.05, 0.1) is 5.60 Å². The van der Waals surface area contributed by atoms with Gasteiger partial charge in [0.15, 0.2) is 0 Å². The second kappa shape index (κ2) is 7.84. The molecule has 2 bridgehead atoms. The van der Waals surface area contributed by atoms with E-state index in [9.17, 15) is 15.0 Å². The van der Waals surface area contributed by atoms with E-state index in [2.05, 4.69) is 10.00 Å². The lowest BCUT2D eigenvalue weighted by Crippen LogP contribution is -2.71. The minimum atomic E-state index is -0.965. The maximum atomic E-state index is 13.6. The molecule has 1 aromatic carbocycles. The Labute approximate surface area is 195 Å². The fourth-order valence-electron chi connectivity index (χ4n) is 6.88. The van der Waals surface area contributed by atoms with Gasteiger partial charge in [-0.05, 0) is 80.3 Å². The smallest absolute Gasteiger partial charge is 0.223 e. The van der Waals surface area contributed by atoms with Crippen molar-refractivity contribution in [2.45, 2.75) is 68.5 Å². The summed E-state index contributed by atoms with van der Waals surface area (Å²) in [5.41, 5.74) is 0.590. The Morgan fingerprint density at radius 3 is 2.82 bits per heavy atom. The zero-order valence-electron chi connectivity index (χ0n) is 19.2. The van der Waals surface area contributed by atoms with Crippen molar-refractivity contribution < 1.29 is 15.0 Å². The number of benzene rings is 1. The number of fused-ring (bicyclic) bond motifs is 1. The van der Waals surface area contributed by atoms with Crippen molar-refractivity contribution in [1.82, 2.24) is 19.6 Å². The van der Waals surface area contributed by atoms with Gasteiger partial charge < -0.3 is 15.1 Å². The van der Waals surface area contributed by atoms with Crippen molar-refractivity contribution in [3.8, 4) is 5.75 Å². The maximum Gasteiger partial charge on any atom is 0.223 e. The second-order valence-electron chi connectivity index (χ2n) is 10.7. The SMILES string of the molecule is O=C1CC23CCN(CC4CC4)C(Cc4ccc(O)cc42)C3(O)CCN1CCCn1cccn1. The van der Waals surface area contributed by atoms with Gasteiger partial charge >= 0.3 is 0 Å². The molecule has 1 saturated carbocycles. The quantitative estimate of drug-likeness (QED) is 0.706. The zero-order valence-corrected chi connectivity index (χ0v) is 19.2. The normalized spacial score (nSPS) is 31.7. The van der Waals surface area contributed by atoms with E-state index >= 15 is 0 Å². The van der Waals surface area contributed by atoms with E-state index in [1.807, 2.05) is 34.0 Å². The minimum absolute atomic E-state index is 0.0284. The number of rotatable bonds is 6. The molecule has 1 aromatic heterocycles. The summed E-state index contributed by atoms with van der Waals surface area (Å²) in [6.45, 7) is 4.00. The molecule has 2 aliphatic heterocycles. The highest BCUT2D eigenvalue weighted by Gasteiger charge is 2.64. The lowest BCUT2D eigenvalue weighted by molar-refractivity contribution is -0.153. The molecule has 3 fully saturated rings. The fourth-order valence-corrected chi connectivity index (χ4v) is 6.88. The topological polar surface area (TPSA) is 81.8 Å². The van der Waals surface area contributed by atoms with Gasteiger partial charge in [-0.3, -0.25) is 14.4 Å². The van der Waals surface area contributed by atoms with Crippen LogP contribution in [-0.2, 0) is 23.2 Å². The van der Waals surface area contributed by atoms with Crippen molar-refractivity contribution >= 4 is 5.91 Å². The first-order valence-corrected chi connectivity index (χ1v) is 12.5. The molecule has 3 unspecified atom stereocenters. The van der Waals surface area contributed by atoms with Crippen LogP contribution in [0.15, 0.2) is 36.7 Å². The number of carbonyl (C=O) groups excluding carboxylic acids is 1. The summed E-state index contributed by atoms with van der Waals surface area (Å²) in [6, 6.07) is 7.53. The molecule has 3 heterocycles. The molecular weight excluding hydrogens is 416 g/mol. The molecule has 33 heavy (non-hydrogen) atoms. The van der Waals surface area contributed by atoms with E-state index in [1.165, 1.54) is 18.4 Å². The van der Waals surface area contributed by atoms with Crippen LogP contribution in [0.3, 0.4) is 0 Å². The summed E-state index contributed by atoms with van der Waals surface area (Å²) >= 11 is 0.